The first-order chi connectivity index (χ1) is 11.1. The Morgan fingerprint density at radius 3 is 2.35 bits per heavy atom. The Kier molecular flexibility index (Phi) is 6.18. The zero-order chi connectivity index (χ0) is 16.7. The molecule has 2 N–H and O–H groups in total. The van der Waals surface area contributed by atoms with Crippen LogP contribution in [-0.2, 0) is 4.79 Å². The van der Waals surface area contributed by atoms with Crippen LogP contribution in [0.2, 0.25) is 0 Å². The van der Waals surface area contributed by atoms with Crippen molar-refractivity contribution in [1.29, 1.82) is 0 Å². The number of carbonyl (C=O) groups is 1. The number of amides is 1. The Labute approximate surface area is 137 Å². The van der Waals surface area contributed by atoms with Crippen molar-refractivity contribution in [3.63, 3.8) is 0 Å². The van der Waals surface area contributed by atoms with E-state index >= 15 is 0 Å². The van der Waals surface area contributed by atoms with Gasteiger partial charge in [-0.2, -0.15) is 0 Å². The number of ether oxygens (including phenoxy) is 1. The Morgan fingerprint density at radius 1 is 1.04 bits per heavy atom. The maximum absolute atomic E-state index is 12.2. The number of rotatable bonds is 7. The summed E-state index contributed by atoms with van der Waals surface area (Å²) >= 11 is 0. The number of benzene rings is 2. The maximum atomic E-state index is 12.2. The van der Waals surface area contributed by atoms with E-state index < -0.39 is 0 Å². The topological polar surface area (TPSA) is 50.4 Å². The van der Waals surface area contributed by atoms with Gasteiger partial charge in [0.05, 0.1) is 19.3 Å². The molecule has 0 bridgehead atoms. The van der Waals surface area contributed by atoms with Crippen molar-refractivity contribution in [3.8, 4) is 5.75 Å². The fourth-order valence-electron chi connectivity index (χ4n) is 2.54. The van der Waals surface area contributed by atoms with Crippen LogP contribution in [-0.4, -0.2) is 19.6 Å². The van der Waals surface area contributed by atoms with E-state index in [4.69, 9.17) is 4.74 Å². The molecule has 0 heterocycles. The third-order valence-electron chi connectivity index (χ3n) is 3.69. The summed E-state index contributed by atoms with van der Waals surface area (Å²) in [5.74, 6) is 0.955. The molecule has 0 aliphatic rings. The highest BCUT2D eigenvalue weighted by Gasteiger charge is 2.16. The molecule has 0 aliphatic heterocycles. The standard InChI is InChI=1S/C19H24N2O2/c1-14(2)19(15-9-5-4-6-10-15)20-13-18(22)21-16-11-7-8-12-17(16)23-3/h4-12,14,19-20H,13H2,1-3H3,(H,21,22). The number of hydrogen-bond acceptors (Lipinski definition) is 3. The Bertz CT molecular complexity index is 626. The van der Waals surface area contributed by atoms with Gasteiger partial charge in [-0.15, -0.1) is 0 Å². The molecule has 0 aromatic heterocycles. The molecule has 1 atom stereocenters. The molecular weight excluding hydrogens is 288 g/mol. The Hall–Kier alpha value is -2.33. The van der Waals surface area contributed by atoms with E-state index in [1.54, 1.807) is 7.11 Å². The molecule has 122 valence electrons. The monoisotopic (exact) mass is 312 g/mol. The van der Waals surface area contributed by atoms with Crippen LogP contribution in [0.3, 0.4) is 0 Å². The van der Waals surface area contributed by atoms with Crippen LogP contribution < -0.4 is 15.4 Å². The van der Waals surface area contributed by atoms with E-state index in [0.717, 1.165) is 0 Å². The summed E-state index contributed by atoms with van der Waals surface area (Å²) in [6.45, 7) is 4.53. The number of carbonyl (C=O) groups excluding carboxylic acids is 1. The lowest BCUT2D eigenvalue weighted by atomic mass is 9.96. The van der Waals surface area contributed by atoms with Gasteiger partial charge in [0.15, 0.2) is 0 Å². The van der Waals surface area contributed by atoms with Crippen molar-refractivity contribution < 1.29 is 9.53 Å². The van der Waals surface area contributed by atoms with Crippen LogP contribution in [0.5, 0.6) is 5.75 Å². The predicted octanol–water partition coefficient (Wildman–Crippen LogP) is 3.62. The third kappa shape index (κ3) is 4.83. The first-order valence-corrected chi connectivity index (χ1v) is 7.83. The smallest absolute Gasteiger partial charge is 0.238 e. The summed E-state index contributed by atoms with van der Waals surface area (Å²) in [6.07, 6.45) is 0. The van der Waals surface area contributed by atoms with Crippen molar-refractivity contribution in [2.75, 3.05) is 19.0 Å². The van der Waals surface area contributed by atoms with E-state index in [1.807, 2.05) is 42.5 Å². The highest BCUT2D eigenvalue weighted by molar-refractivity contribution is 5.93. The van der Waals surface area contributed by atoms with Crippen LogP contribution in [0.4, 0.5) is 5.69 Å². The first kappa shape index (κ1) is 17.0. The lowest BCUT2D eigenvalue weighted by Gasteiger charge is -2.23. The molecule has 1 amide bonds. The summed E-state index contributed by atoms with van der Waals surface area (Å²) in [4.78, 5) is 12.2. The highest BCUT2D eigenvalue weighted by atomic mass is 16.5. The second kappa shape index (κ2) is 8.34. The fraction of sp³-hybridized carbons (Fsp3) is 0.316. The van der Waals surface area contributed by atoms with Gasteiger partial charge in [-0.25, -0.2) is 0 Å². The number of hydrogen-bond donors (Lipinski definition) is 2. The number of anilines is 1. The van der Waals surface area contributed by atoms with Gasteiger partial charge in [0, 0.05) is 6.04 Å². The molecule has 0 radical (unpaired) electrons. The molecule has 2 aromatic rings. The zero-order valence-electron chi connectivity index (χ0n) is 13.9. The van der Waals surface area contributed by atoms with E-state index in [1.165, 1.54) is 5.56 Å². The van der Waals surface area contributed by atoms with Crippen molar-refractivity contribution in [2.45, 2.75) is 19.9 Å². The molecule has 23 heavy (non-hydrogen) atoms. The second-order valence-corrected chi connectivity index (χ2v) is 5.76. The number of nitrogens with one attached hydrogen (secondary N) is 2. The van der Waals surface area contributed by atoms with Crippen LogP contribution >= 0.6 is 0 Å². The molecule has 2 aromatic carbocycles. The van der Waals surface area contributed by atoms with E-state index in [0.29, 0.717) is 17.4 Å². The minimum atomic E-state index is -0.0870. The summed E-state index contributed by atoms with van der Waals surface area (Å²) in [5.41, 5.74) is 1.87. The first-order valence-electron chi connectivity index (χ1n) is 7.83. The molecule has 0 spiro atoms. The Morgan fingerprint density at radius 2 is 1.70 bits per heavy atom. The summed E-state index contributed by atoms with van der Waals surface area (Å²) in [7, 11) is 1.59. The maximum Gasteiger partial charge on any atom is 0.238 e. The van der Waals surface area contributed by atoms with Gasteiger partial charge in [0.1, 0.15) is 5.75 Å². The highest BCUT2D eigenvalue weighted by Crippen LogP contribution is 2.23. The van der Waals surface area contributed by atoms with Gasteiger partial charge in [-0.05, 0) is 23.6 Å². The minimum absolute atomic E-state index is 0.0870. The molecule has 0 aliphatic carbocycles. The molecule has 4 nitrogen and oxygen atoms in total. The lowest BCUT2D eigenvalue weighted by Crippen LogP contribution is -2.33. The Balaban J connectivity index is 1.97. The van der Waals surface area contributed by atoms with Crippen LogP contribution in [0.15, 0.2) is 54.6 Å². The van der Waals surface area contributed by atoms with E-state index in [2.05, 4.69) is 36.6 Å². The molecule has 0 saturated carbocycles. The quantitative estimate of drug-likeness (QED) is 0.821. The number of para-hydroxylation sites is 2. The molecule has 0 saturated heterocycles. The average Bonchev–Trinajstić information content (AvgIpc) is 2.56. The van der Waals surface area contributed by atoms with Gasteiger partial charge < -0.3 is 15.4 Å². The van der Waals surface area contributed by atoms with Crippen LogP contribution in [0.25, 0.3) is 0 Å². The second-order valence-electron chi connectivity index (χ2n) is 5.76. The third-order valence-corrected chi connectivity index (χ3v) is 3.69. The molecule has 2 rings (SSSR count). The molecule has 1 unspecified atom stereocenters. The van der Waals surface area contributed by atoms with E-state index in [-0.39, 0.29) is 18.5 Å². The van der Waals surface area contributed by atoms with Gasteiger partial charge in [-0.3, -0.25) is 4.79 Å². The van der Waals surface area contributed by atoms with Crippen molar-refractivity contribution in [2.24, 2.45) is 5.92 Å². The normalized spacial score (nSPS) is 12.0. The minimum Gasteiger partial charge on any atom is -0.495 e. The largest absolute Gasteiger partial charge is 0.495 e. The number of methoxy groups -OCH3 is 1. The summed E-state index contributed by atoms with van der Waals surface area (Å²) < 4.78 is 5.24. The average molecular weight is 312 g/mol. The molecule has 0 fully saturated rings. The van der Waals surface area contributed by atoms with Crippen molar-refractivity contribution in [1.82, 2.24) is 5.32 Å². The predicted molar refractivity (Wildman–Crippen MR) is 93.6 cm³/mol. The van der Waals surface area contributed by atoms with E-state index in [9.17, 15) is 4.79 Å². The molecular formula is C19H24N2O2. The summed E-state index contributed by atoms with van der Waals surface area (Å²) in [5, 5.41) is 6.22. The van der Waals surface area contributed by atoms with Gasteiger partial charge >= 0.3 is 0 Å². The summed E-state index contributed by atoms with van der Waals surface area (Å²) in [6, 6.07) is 17.7. The zero-order valence-corrected chi connectivity index (χ0v) is 13.9. The van der Waals surface area contributed by atoms with Crippen molar-refractivity contribution in [3.05, 3.63) is 60.2 Å². The SMILES string of the molecule is COc1ccccc1NC(=O)CNC(c1ccccc1)C(C)C. The van der Waals surface area contributed by atoms with Gasteiger partial charge in [0.2, 0.25) is 5.91 Å². The van der Waals surface area contributed by atoms with Gasteiger partial charge in [-0.1, -0.05) is 56.3 Å². The van der Waals surface area contributed by atoms with Gasteiger partial charge in [0.25, 0.3) is 0 Å². The van der Waals surface area contributed by atoms with Crippen LogP contribution in [0.1, 0.15) is 25.5 Å². The fourth-order valence-corrected chi connectivity index (χ4v) is 2.54. The van der Waals surface area contributed by atoms with Crippen molar-refractivity contribution >= 4 is 11.6 Å². The van der Waals surface area contributed by atoms with Crippen LogP contribution in [0, 0.1) is 5.92 Å². The molecule has 4 heteroatoms. The lowest BCUT2D eigenvalue weighted by molar-refractivity contribution is -0.115.